The summed E-state index contributed by atoms with van der Waals surface area (Å²) in [5, 5.41) is 0. The molecule has 0 saturated heterocycles. The number of hydrogen-bond acceptors (Lipinski definition) is 1. The van der Waals surface area contributed by atoms with Crippen LogP contribution in [-0.4, -0.2) is 13.5 Å². The Balaban J connectivity index is 2.30. The first-order valence-corrected chi connectivity index (χ1v) is 1.26. The van der Waals surface area contributed by atoms with Crippen molar-refractivity contribution >= 4 is 25.5 Å². The molecule has 4 heavy (non-hydrogen) atoms. The van der Waals surface area contributed by atoms with Crippen LogP contribution in [-0.2, 0) is 0 Å². The fourth-order valence-electron chi connectivity index (χ4n) is 0. The Bertz CT molecular complexity index is 20.0. The number of rotatable bonds is 1. The minimum absolute atomic E-state index is 0.315. The topological polar surface area (TPSA) is 0 Å². The minimum atomic E-state index is 0.315. The summed E-state index contributed by atoms with van der Waals surface area (Å²) in [6, 6.07) is 0.917. The summed E-state index contributed by atoms with van der Waals surface area (Å²) in [7, 11) is 0.315. The van der Waals surface area contributed by atoms with Crippen molar-refractivity contribution < 1.29 is 4.32 Å². The Labute approximate surface area is 30.8 Å². The van der Waals surface area contributed by atoms with Gasteiger partial charge in [-0.3, -0.25) is 0 Å². The third kappa shape index (κ3) is 2.28. The van der Waals surface area contributed by atoms with Crippen LogP contribution < -0.4 is 0 Å². The molecule has 0 aliphatic carbocycles. The van der Waals surface area contributed by atoms with Crippen LogP contribution in [0.1, 0.15) is 0 Å². The van der Waals surface area contributed by atoms with E-state index in [1.165, 1.54) is 0 Å². The molecule has 0 nitrogen and oxygen atoms in total. The fourth-order valence-corrected chi connectivity index (χ4v) is 0. The van der Waals surface area contributed by atoms with Gasteiger partial charge in [0.2, 0.25) is 0 Å². The number of halogens is 1. The van der Waals surface area contributed by atoms with Crippen LogP contribution >= 0.6 is 12.1 Å². The summed E-state index contributed by atoms with van der Waals surface area (Å²) in [4.78, 5) is 0. The van der Waals surface area contributed by atoms with E-state index in [0.29, 0.717) is 7.45 Å². The monoisotopic (exact) mass is 73.0 g/mol. The average Bonchev–Trinajstić information content (AvgIpc) is 1.37. The first-order chi connectivity index (χ1) is 1.91. The van der Waals surface area contributed by atoms with E-state index in [1.54, 1.807) is 0 Å². The van der Waals surface area contributed by atoms with E-state index in [0.717, 1.165) is 6.05 Å². The van der Waals surface area contributed by atoms with Crippen molar-refractivity contribution in [1.29, 1.82) is 0 Å². The van der Waals surface area contributed by atoms with Crippen LogP contribution in [0.25, 0.3) is 0 Å². The molecule has 19 valence electrons. The fraction of sp³-hybridized carbons (Fsp3) is 0. The predicted octanol–water partition coefficient (Wildman–Crippen LogP) is 0.307. The maximum absolute atomic E-state index is 10.4. The van der Waals surface area contributed by atoms with Crippen molar-refractivity contribution in [2.24, 2.45) is 0 Å². The zero-order chi connectivity index (χ0) is 3.41. The SMILES string of the molecule is F[B]B=S. The van der Waals surface area contributed by atoms with Crippen molar-refractivity contribution in [2.75, 3.05) is 0 Å². The average molecular weight is 72.7 g/mol. The van der Waals surface area contributed by atoms with Gasteiger partial charge in [-0.05, 0) is 0 Å². The second-order valence-corrected chi connectivity index (χ2v) is 0.534. The molecule has 0 aliphatic rings. The molecule has 0 aromatic carbocycles. The van der Waals surface area contributed by atoms with Gasteiger partial charge in [-0.2, -0.15) is 0 Å². The summed E-state index contributed by atoms with van der Waals surface area (Å²) >= 11 is 4.00. The van der Waals surface area contributed by atoms with Crippen molar-refractivity contribution in [3.8, 4) is 0 Å². The van der Waals surface area contributed by atoms with Crippen molar-refractivity contribution in [3.63, 3.8) is 0 Å². The zero-order valence-corrected chi connectivity index (χ0v) is 2.76. The van der Waals surface area contributed by atoms with Gasteiger partial charge in [0, 0.05) is 0 Å². The predicted molar refractivity (Wildman–Crippen MR) is 20.2 cm³/mol. The van der Waals surface area contributed by atoms with E-state index in [9.17, 15) is 4.32 Å². The molecule has 4 heteroatoms. The Morgan fingerprint density at radius 3 is 2.00 bits per heavy atom. The van der Waals surface area contributed by atoms with E-state index in [2.05, 4.69) is 12.1 Å². The molecule has 0 saturated carbocycles. The standard InChI is InChI=1S/B2FS/c3-1-2-4. The van der Waals surface area contributed by atoms with Gasteiger partial charge in [-0.1, -0.05) is 0 Å². The normalized spacial score (nSPS) is 4.25. The van der Waals surface area contributed by atoms with Crippen LogP contribution in [0.2, 0.25) is 0 Å². The molecule has 0 atom stereocenters. The summed E-state index contributed by atoms with van der Waals surface area (Å²) < 4.78 is 10.4. The molecule has 0 spiro atoms. The van der Waals surface area contributed by atoms with E-state index in [4.69, 9.17) is 0 Å². The van der Waals surface area contributed by atoms with Crippen LogP contribution in [0.5, 0.6) is 0 Å². The van der Waals surface area contributed by atoms with Gasteiger partial charge in [0.1, 0.15) is 0 Å². The van der Waals surface area contributed by atoms with Gasteiger partial charge in [0.15, 0.2) is 0 Å². The maximum atomic E-state index is 10.4. The Morgan fingerprint density at radius 2 is 2.00 bits per heavy atom. The molecule has 1 radical (unpaired) electrons. The molecule has 0 aliphatic heterocycles. The van der Waals surface area contributed by atoms with E-state index in [1.807, 2.05) is 0 Å². The summed E-state index contributed by atoms with van der Waals surface area (Å²) in [6.45, 7) is 0. The van der Waals surface area contributed by atoms with Gasteiger partial charge in [0.25, 0.3) is 0 Å². The van der Waals surface area contributed by atoms with E-state index >= 15 is 0 Å². The van der Waals surface area contributed by atoms with Crippen molar-refractivity contribution in [3.05, 3.63) is 0 Å². The molecule has 0 unspecified atom stereocenters. The van der Waals surface area contributed by atoms with Gasteiger partial charge in [-0.15, -0.1) is 0 Å². The Kier molecular flexibility index (Phi) is 3.51. The first kappa shape index (κ1) is 4.28. The molecule has 0 aromatic heterocycles. The third-order valence-corrected chi connectivity index (χ3v) is 0.154. The van der Waals surface area contributed by atoms with Gasteiger partial charge in [-0.25, -0.2) is 0 Å². The second-order valence-electron chi connectivity index (χ2n) is 0.262. The van der Waals surface area contributed by atoms with Crippen LogP contribution in [0.4, 0.5) is 4.32 Å². The zero-order valence-electron chi connectivity index (χ0n) is 1.94. The molecule has 0 fully saturated rings. The molecule has 0 heterocycles. The van der Waals surface area contributed by atoms with Gasteiger partial charge >= 0.3 is 29.9 Å². The van der Waals surface area contributed by atoms with Crippen LogP contribution in [0.3, 0.4) is 0 Å². The van der Waals surface area contributed by atoms with Gasteiger partial charge < -0.3 is 0 Å². The van der Waals surface area contributed by atoms with Crippen LogP contribution in [0, 0.1) is 0 Å². The van der Waals surface area contributed by atoms with Crippen LogP contribution in [0.15, 0.2) is 0 Å². The Hall–Kier alpha value is 0.280. The van der Waals surface area contributed by atoms with E-state index < -0.39 is 0 Å². The summed E-state index contributed by atoms with van der Waals surface area (Å²) in [6.07, 6.45) is 0. The molecular formula is B2FS. The quantitative estimate of drug-likeness (QED) is 0.402. The van der Waals surface area contributed by atoms with Crippen molar-refractivity contribution in [2.45, 2.75) is 0 Å². The molecule has 0 amide bonds. The van der Waals surface area contributed by atoms with Gasteiger partial charge in [0.05, 0.1) is 0 Å². The third-order valence-electron chi connectivity index (χ3n) is 0.0514. The van der Waals surface area contributed by atoms with E-state index in [-0.39, 0.29) is 0 Å². The molecule has 0 aromatic rings. The van der Waals surface area contributed by atoms with Crippen molar-refractivity contribution in [1.82, 2.24) is 0 Å². The molecular weight excluding hydrogens is 72.7 g/mol. The molecule has 0 N–H and O–H groups in total. The Morgan fingerprint density at radius 1 is 1.75 bits per heavy atom. The molecule has 0 rings (SSSR count). The first-order valence-electron chi connectivity index (χ1n) is 0.787. The summed E-state index contributed by atoms with van der Waals surface area (Å²) in [5.41, 5.74) is 0. The molecule has 0 bridgehead atoms. The second kappa shape index (κ2) is 3.28. The summed E-state index contributed by atoms with van der Waals surface area (Å²) in [5.74, 6) is 0. The number of hydrogen-bond donors (Lipinski definition) is 0.